The van der Waals surface area contributed by atoms with Crippen molar-refractivity contribution in [1.29, 1.82) is 0 Å². The van der Waals surface area contributed by atoms with Gasteiger partial charge in [0.05, 0.1) is 20.3 Å². The lowest BCUT2D eigenvalue weighted by Gasteiger charge is -2.19. The second kappa shape index (κ2) is 7.89. The molecular weight excluding hydrogens is 258 g/mol. The van der Waals surface area contributed by atoms with Crippen molar-refractivity contribution in [3.63, 3.8) is 0 Å². The quantitative estimate of drug-likeness (QED) is 0.779. The monoisotopic (exact) mass is 277 g/mol. The maximum absolute atomic E-state index is 11.4. The molecule has 5 nitrogen and oxygen atoms in total. The largest absolute Gasteiger partial charge is 0.493 e. The smallest absolute Gasteiger partial charge is 0.407 e. The molecule has 1 amide bonds. The Balaban J connectivity index is 3.15. The van der Waals surface area contributed by atoms with Crippen molar-refractivity contribution in [2.24, 2.45) is 0 Å². The summed E-state index contributed by atoms with van der Waals surface area (Å²) < 4.78 is 15.5. The molecule has 0 aliphatic heterocycles. The Morgan fingerprint density at radius 2 is 2.15 bits per heavy atom. The summed E-state index contributed by atoms with van der Waals surface area (Å²) in [6.45, 7) is 7.66. The topological polar surface area (TPSA) is 56.8 Å². The number of para-hydroxylation sites is 1. The van der Waals surface area contributed by atoms with Gasteiger partial charge in [0, 0.05) is 5.56 Å². The summed E-state index contributed by atoms with van der Waals surface area (Å²) >= 11 is 0. The molecule has 108 valence electrons. The van der Waals surface area contributed by atoms with Crippen LogP contribution in [0.3, 0.4) is 0 Å². The Bertz CT molecular complexity index is 485. The van der Waals surface area contributed by atoms with Crippen molar-refractivity contribution in [3.8, 4) is 11.5 Å². The van der Waals surface area contributed by atoms with Crippen LogP contribution in [0.1, 0.15) is 11.6 Å². The second-order valence-corrected chi connectivity index (χ2v) is 3.83. The van der Waals surface area contributed by atoms with E-state index in [4.69, 9.17) is 9.47 Å². The standard InChI is InChI=1S/C15H19NO4/c1-5-10-20-14-11(8-7-9-13(14)18-3)12(6-2)16-15(17)19-4/h5-9,12H,1-2,10H2,3-4H3,(H,16,17). The molecule has 0 saturated heterocycles. The minimum absolute atomic E-state index is 0.329. The molecule has 0 fully saturated rings. The molecule has 20 heavy (non-hydrogen) atoms. The predicted molar refractivity (Wildman–Crippen MR) is 77.2 cm³/mol. The summed E-state index contributed by atoms with van der Waals surface area (Å²) in [5.74, 6) is 1.11. The number of hydrogen-bond donors (Lipinski definition) is 1. The summed E-state index contributed by atoms with van der Waals surface area (Å²) in [4.78, 5) is 11.4. The number of benzene rings is 1. The molecule has 0 aliphatic carbocycles. The number of carbonyl (C=O) groups is 1. The number of rotatable bonds is 7. The van der Waals surface area contributed by atoms with Gasteiger partial charge in [0.2, 0.25) is 0 Å². The molecule has 1 aromatic rings. The molecule has 1 unspecified atom stereocenters. The fraction of sp³-hybridized carbons (Fsp3) is 0.267. The van der Waals surface area contributed by atoms with E-state index in [1.54, 1.807) is 25.3 Å². The molecule has 5 heteroatoms. The Morgan fingerprint density at radius 1 is 1.40 bits per heavy atom. The molecule has 0 aliphatic rings. The SMILES string of the molecule is C=CCOc1c(OC)cccc1C(C=C)NC(=O)OC. The molecule has 0 radical (unpaired) electrons. The van der Waals surface area contributed by atoms with Gasteiger partial charge in [0.25, 0.3) is 0 Å². The van der Waals surface area contributed by atoms with Crippen LogP contribution in [0.15, 0.2) is 43.5 Å². The maximum atomic E-state index is 11.4. The van der Waals surface area contributed by atoms with Crippen molar-refractivity contribution in [1.82, 2.24) is 5.32 Å². The molecule has 0 spiro atoms. The Kier molecular flexibility index (Phi) is 6.16. The lowest BCUT2D eigenvalue weighted by molar-refractivity contribution is 0.168. The lowest BCUT2D eigenvalue weighted by Crippen LogP contribution is -2.27. The van der Waals surface area contributed by atoms with E-state index in [0.29, 0.717) is 18.1 Å². The van der Waals surface area contributed by atoms with Gasteiger partial charge in [-0.05, 0) is 6.07 Å². The highest BCUT2D eigenvalue weighted by atomic mass is 16.5. The van der Waals surface area contributed by atoms with Crippen LogP contribution in [-0.2, 0) is 4.74 Å². The van der Waals surface area contributed by atoms with Gasteiger partial charge in [-0.25, -0.2) is 4.79 Å². The first kappa shape index (κ1) is 15.6. The average Bonchev–Trinajstić information content (AvgIpc) is 2.49. The number of carbonyl (C=O) groups excluding carboxylic acids is 1. The Labute approximate surface area is 118 Å². The third kappa shape index (κ3) is 3.78. The molecule has 1 atom stereocenters. The minimum Gasteiger partial charge on any atom is -0.493 e. The highest BCUT2D eigenvalue weighted by molar-refractivity contribution is 5.68. The average molecular weight is 277 g/mol. The first-order valence-electron chi connectivity index (χ1n) is 6.05. The van der Waals surface area contributed by atoms with Crippen LogP contribution in [0.2, 0.25) is 0 Å². The van der Waals surface area contributed by atoms with E-state index >= 15 is 0 Å². The van der Waals surface area contributed by atoms with Gasteiger partial charge >= 0.3 is 6.09 Å². The van der Waals surface area contributed by atoms with Gasteiger partial charge in [0.1, 0.15) is 6.61 Å². The van der Waals surface area contributed by atoms with Crippen molar-refractivity contribution in [3.05, 3.63) is 49.1 Å². The van der Waals surface area contributed by atoms with Gasteiger partial charge in [-0.3, -0.25) is 0 Å². The zero-order chi connectivity index (χ0) is 15.0. The lowest BCUT2D eigenvalue weighted by atomic mass is 10.1. The number of alkyl carbamates (subject to hydrolysis) is 1. The number of hydrogen-bond acceptors (Lipinski definition) is 4. The fourth-order valence-corrected chi connectivity index (χ4v) is 1.68. The van der Waals surface area contributed by atoms with E-state index in [0.717, 1.165) is 5.56 Å². The van der Waals surface area contributed by atoms with E-state index in [1.165, 1.54) is 7.11 Å². The zero-order valence-corrected chi connectivity index (χ0v) is 11.7. The summed E-state index contributed by atoms with van der Waals surface area (Å²) in [7, 11) is 2.85. The summed E-state index contributed by atoms with van der Waals surface area (Å²) in [6.07, 6.45) is 2.67. The summed E-state index contributed by atoms with van der Waals surface area (Å²) in [6, 6.07) is 4.96. The van der Waals surface area contributed by atoms with Crippen LogP contribution in [0.5, 0.6) is 11.5 Å². The molecule has 0 saturated carbocycles. The summed E-state index contributed by atoms with van der Waals surface area (Å²) in [5.41, 5.74) is 0.728. The number of ether oxygens (including phenoxy) is 3. The highest BCUT2D eigenvalue weighted by Gasteiger charge is 2.19. The normalized spacial score (nSPS) is 11.1. The molecule has 1 rings (SSSR count). The molecule has 1 N–H and O–H groups in total. The van der Waals surface area contributed by atoms with E-state index < -0.39 is 12.1 Å². The number of methoxy groups -OCH3 is 2. The van der Waals surface area contributed by atoms with Crippen LogP contribution >= 0.6 is 0 Å². The first-order chi connectivity index (χ1) is 9.67. The highest BCUT2D eigenvalue weighted by Crippen LogP contribution is 2.35. The predicted octanol–water partition coefficient (Wildman–Crippen LogP) is 2.84. The maximum Gasteiger partial charge on any atom is 0.407 e. The van der Waals surface area contributed by atoms with Crippen molar-refractivity contribution < 1.29 is 19.0 Å². The first-order valence-corrected chi connectivity index (χ1v) is 6.05. The Hall–Kier alpha value is -2.43. The van der Waals surface area contributed by atoms with Crippen LogP contribution < -0.4 is 14.8 Å². The summed E-state index contributed by atoms with van der Waals surface area (Å²) in [5, 5.41) is 2.66. The van der Waals surface area contributed by atoms with E-state index in [-0.39, 0.29) is 0 Å². The van der Waals surface area contributed by atoms with Gasteiger partial charge in [-0.1, -0.05) is 30.9 Å². The van der Waals surface area contributed by atoms with Crippen LogP contribution in [0.25, 0.3) is 0 Å². The minimum atomic E-state index is -0.549. The molecule has 0 heterocycles. The molecule has 0 bridgehead atoms. The fourth-order valence-electron chi connectivity index (χ4n) is 1.68. The molecular formula is C15H19NO4. The van der Waals surface area contributed by atoms with Crippen LogP contribution in [0, 0.1) is 0 Å². The Morgan fingerprint density at radius 3 is 2.70 bits per heavy atom. The third-order valence-electron chi connectivity index (χ3n) is 2.60. The van der Waals surface area contributed by atoms with Crippen molar-refractivity contribution >= 4 is 6.09 Å². The van der Waals surface area contributed by atoms with Gasteiger partial charge in [0.15, 0.2) is 11.5 Å². The molecule has 1 aromatic carbocycles. The third-order valence-corrected chi connectivity index (χ3v) is 2.60. The van der Waals surface area contributed by atoms with Gasteiger partial charge in [-0.2, -0.15) is 0 Å². The van der Waals surface area contributed by atoms with Gasteiger partial charge < -0.3 is 19.5 Å². The van der Waals surface area contributed by atoms with Gasteiger partial charge in [-0.15, -0.1) is 6.58 Å². The van der Waals surface area contributed by atoms with Crippen LogP contribution in [-0.4, -0.2) is 26.9 Å². The van der Waals surface area contributed by atoms with E-state index in [1.807, 2.05) is 12.1 Å². The van der Waals surface area contributed by atoms with Crippen LogP contribution in [0.4, 0.5) is 4.79 Å². The van der Waals surface area contributed by atoms with E-state index in [9.17, 15) is 4.79 Å². The second-order valence-electron chi connectivity index (χ2n) is 3.83. The zero-order valence-electron chi connectivity index (χ0n) is 11.7. The van der Waals surface area contributed by atoms with Crippen molar-refractivity contribution in [2.75, 3.05) is 20.8 Å². The number of amides is 1. The number of nitrogens with one attached hydrogen (secondary N) is 1. The molecule has 0 aromatic heterocycles. The van der Waals surface area contributed by atoms with E-state index in [2.05, 4.69) is 23.2 Å². The van der Waals surface area contributed by atoms with Crippen molar-refractivity contribution in [2.45, 2.75) is 6.04 Å².